The number of carbonyl (C=O) groups excluding carboxylic acids is 1. The standard InChI is InChI=1S/C21H19FN2O2/c1-26-20-12-4-16(5-13-20)21(25)24-19-10-8-18(9-11-19)23-14-15-2-6-17(22)7-3-15/h2-13,23H,14H2,1H3,(H,24,25). The second-order valence-corrected chi connectivity index (χ2v) is 5.74. The van der Waals surface area contributed by atoms with Gasteiger partial charge in [0.1, 0.15) is 11.6 Å². The van der Waals surface area contributed by atoms with E-state index in [1.807, 2.05) is 24.3 Å². The van der Waals surface area contributed by atoms with Crippen LogP contribution in [0.5, 0.6) is 5.75 Å². The summed E-state index contributed by atoms with van der Waals surface area (Å²) in [7, 11) is 1.58. The molecule has 0 unspecified atom stereocenters. The molecule has 1 amide bonds. The van der Waals surface area contributed by atoms with Crippen molar-refractivity contribution in [3.8, 4) is 5.75 Å². The van der Waals surface area contributed by atoms with Crippen LogP contribution >= 0.6 is 0 Å². The molecule has 0 aliphatic rings. The molecule has 0 radical (unpaired) electrons. The van der Waals surface area contributed by atoms with Gasteiger partial charge >= 0.3 is 0 Å². The van der Waals surface area contributed by atoms with Crippen molar-refractivity contribution in [2.24, 2.45) is 0 Å². The highest BCUT2D eigenvalue weighted by Gasteiger charge is 2.06. The van der Waals surface area contributed by atoms with Crippen LogP contribution in [0.25, 0.3) is 0 Å². The van der Waals surface area contributed by atoms with Crippen LogP contribution in [0.1, 0.15) is 15.9 Å². The number of hydrogen-bond donors (Lipinski definition) is 2. The Hall–Kier alpha value is -3.34. The Labute approximate surface area is 151 Å². The summed E-state index contributed by atoms with van der Waals surface area (Å²) in [4.78, 5) is 12.2. The molecule has 2 N–H and O–H groups in total. The van der Waals surface area contributed by atoms with Gasteiger partial charge < -0.3 is 15.4 Å². The van der Waals surface area contributed by atoms with Crippen LogP contribution in [-0.4, -0.2) is 13.0 Å². The third-order valence-electron chi connectivity index (χ3n) is 3.90. The SMILES string of the molecule is COc1ccc(C(=O)Nc2ccc(NCc3ccc(F)cc3)cc2)cc1. The van der Waals surface area contributed by atoms with Gasteiger partial charge in [-0.2, -0.15) is 0 Å². The lowest BCUT2D eigenvalue weighted by molar-refractivity contribution is 0.102. The molecule has 132 valence electrons. The highest BCUT2D eigenvalue weighted by molar-refractivity contribution is 6.04. The molecule has 0 aliphatic carbocycles. The quantitative estimate of drug-likeness (QED) is 0.677. The first kappa shape index (κ1) is 17.5. The van der Waals surface area contributed by atoms with E-state index in [1.165, 1.54) is 12.1 Å². The zero-order chi connectivity index (χ0) is 18.4. The van der Waals surface area contributed by atoms with E-state index in [0.717, 1.165) is 11.3 Å². The minimum Gasteiger partial charge on any atom is -0.497 e. The minimum atomic E-state index is -0.245. The molecule has 0 saturated heterocycles. The summed E-state index contributed by atoms with van der Waals surface area (Å²) in [5.41, 5.74) is 3.17. The molecule has 0 aromatic heterocycles. The van der Waals surface area contributed by atoms with Crippen LogP contribution in [0, 0.1) is 5.82 Å². The van der Waals surface area contributed by atoms with Gasteiger partial charge in [-0.1, -0.05) is 12.1 Å². The monoisotopic (exact) mass is 350 g/mol. The lowest BCUT2D eigenvalue weighted by Crippen LogP contribution is -2.11. The number of carbonyl (C=O) groups is 1. The molecule has 0 aliphatic heterocycles. The molecular formula is C21H19FN2O2. The van der Waals surface area contributed by atoms with E-state index in [2.05, 4.69) is 10.6 Å². The Morgan fingerprint density at radius 2 is 1.50 bits per heavy atom. The van der Waals surface area contributed by atoms with Crippen molar-refractivity contribution in [3.63, 3.8) is 0 Å². The number of anilines is 2. The first-order valence-corrected chi connectivity index (χ1v) is 8.18. The normalized spacial score (nSPS) is 10.2. The summed E-state index contributed by atoms with van der Waals surface area (Å²) in [6.45, 7) is 0.595. The van der Waals surface area contributed by atoms with Crippen molar-refractivity contribution < 1.29 is 13.9 Å². The zero-order valence-corrected chi connectivity index (χ0v) is 14.3. The lowest BCUT2D eigenvalue weighted by atomic mass is 10.2. The van der Waals surface area contributed by atoms with Crippen LogP contribution in [0.15, 0.2) is 72.8 Å². The third kappa shape index (κ3) is 4.60. The fraction of sp³-hybridized carbons (Fsp3) is 0.0952. The third-order valence-corrected chi connectivity index (χ3v) is 3.90. The molecule has 3 aromatic rings. The van der Waals surface area contributed by atoms with E-state index in [9.17, 15) is 9.18 Å². The van der Waals surface area contributed by atoms with Crippen LogP contribution in [0.4, 0.5) is 15.8 Å². The molecule has 0 heterocycles. The molecule has 0 fully saturated rings. The van der Waals surface area contributed by atoms with E-state index < -0.39 is 0 Å². The summed E-state index contributed by atoms with van der Waals surface area (Å²) < 4.78 is 18.0. The first-order chi connectivity index (χ1) is 12.6. The molecular weight excluding hydrogens is 331 g/mol. The smallest absolute Gasteiger partial charge is 0.255 e. The van der Waals surface area contributed by atoms with Crippen LogP contribution in [0.3, 0.4) is 0 Å². The van der Waals surface area contributed by atoms with E-state index in [4.69, 9.17) is 4.74 Å². The Bertz CT molecular complexity index is 860. The summed E-state index contributed by atoms with van der Waals surface area (Å²) >= 11 is 0. The van der Waals surface area contributed by atoms with Crippen molar-refractivity contribution in [2.75, 3.05) is 17.7 Å². The number of methoxy groups -OCH3 is 1. The fourth-order valence-corrected chi connectivity index (χ4v) is 2.42. The number of hydrogen-bond acceptors (Lipinski definition) is 3. The van der Waals surface area contributed by atoms with Gasteiger partial charge in [-0.15, -0.1) is 0 Å². The van der Waals surface area contributed by atoms with E-state index in [1.54, 1.807) is 43.5 Å². The second kappa shape index (κ2) is 8.16. The molecule has 5 heteroatoms. The highest BCUT2D eigenvalue weighted by atomic mass is 19.1. The van der Waals surface area contributed by atoms with Gasteiger partial charge in [-0.3, -0.25) is 4.79 Å². The van der Waals surface area contributed by atoms with Crippen molar-refractivity contribution in [2.45, 2.75) is 6.54 Å². The van der Waals surface area contributed by atoms with Gasteiger partial charge in [0.25, 0.3) is 5.91 Å². The first-order valence-electron chi connectivity index (χ1n) is 8.18. The Balaban J connectivity index is 1.56. The molecule has 0 bridgehead atoms. The number of ether oxygens (including phenoxy) is 1. The molecule has 26 heavy (non-hydrogen) atoms. The van der Waals surface area contributed by atoms with Gasteiger partial charge in [-0.05, 0) is 66.2 Å². The maximum Gasteiger partial charge on any atom is 0.255 e. The zero-order valence-electron chi connectivity index (χ0n) is 14.3. The predicted octanol–water partition coefficient (Wildman–Crippen LogP) is 4.70. The maximum atomic E-state index is 12.9. The molecule has 0 atom stereocenters. The Morgan fingerprint density at radius 1 is 0.885 bits per heavy atom. The minimum absolute atomic E-state index is 0.181. The highest BCUT2D eigenvalue weighted by Crippen LogP contribution is 2.17. The maximum absolute atomic E-state index is 12.9. The number of amides is 1. The van der Waals surface area contributed by atoms with Crippen molar-refractivity contribution in [1.82, 2.24) is 0 Å². The van der Waals surface area contributed by atoms with Gasteiger partial charge in [0.15, 0.2) is 0 Å². The molecule has 4 nitrogen and oxygen atoms in total. The average Bonchev–Trinajstić information content (AvgIpc) is 2.68. The number of halogens is 1. The summed E-state index contributed by atoms with van der Waals surface area (Å²) in [5.74, 6) is 0.281. The number of nitrogens with one attached hydrogen (secondary N) is 2. The van der Waals surface area contributed by atoms with Crippen molar-refractivity contribution >= 4 is 17.3 Å². The van der Waals surface area contributed by atoms with Crippen LogP contribution in [0.2, 0.25) is 0 Å². The summed E-state index contributed by atoms with van der Waals surface area (Å²) in [5, 5.41) is 6.11. The van der Waals surface area contributed by atoms with Crippen LogP contribution in [-0.2, 0) is 6.54 Å². The fourth-order valence-electron chi connectivity index (χ4n) is 2.42. The number of benzene rings is 3. The van der Waals surface area contributed by atoms with Gasteiger partial charge in [-0.25, -0.2) is 4.39 Å². The van der Waals surface area contributed by atoms with Gasteiger partial charge in [0.05, 0.1) is 7.11 Å². The lowest BCUT2D eigenvalue weighted by Gasteiger charge is -2.09. The Kier molecular flexibility index (Phi) is 5.49. The Morgan fingerprint density at radius 3 is 2.12 bits per heavy atom. The van der Waals surface area contributed by atoms with Crippen molar-refractivity contribution in [3.05, 3.63) is 89.7 Å². The van der Waals surface area contributed by atoms with Crippen molar-refractivity contribution in [1.29, 1.82) is 0 Å². The molecule has 3 rings (SSSR count). The molecule has 0 saturated carbocycles. The van der Waals surface area contributed by atoms with Crippen LogP contribution < -0.4 is 15.4 Å². The second-order valence-electron chi connectivity index (χ2n) is 5.74. The predicted molar refractivity (Wildman–Crippen MR) is 101 cm³/mol. The topological polar surface area (TPSA) is 50.4 Å². The molecule has 3 aromatic carbocycles. The van der Waals surface area contributed by atoms with E-state index in [0.29, 0.717) is 23.5 Å². The largest absolute Gasteiger partial charge is 0.497 e. The van der Waals surface area contributed by atoms with E-state index in [-0.39, 0.29) is 11.7 Å². The van der Waals surface area contributed by atoms with Gasteiger partial charge in [0, 0.05) is 23.5 Å². The molecule has 0 spiro atoms. The number of rotatable bonds is 6. The summed E-state index contributed by atoms with van der Waals surface area (Å²) in [6.07, 6.45) is 0. The van der Waals surface area contributed by atoms with Gasteiger partial charge in [0.2, 0.25) is 0 Å². The summed E-state index contributed by atoms with van der Waals surface area (Å²) in [6, 6.07) is 20.7. The average molecular weight is 350 g/mol. The van der Waals surface area contributed by atoms with E-state index >= 15 is 0 Å².